The van der Waals surface area contributed by atoms with Gasteiger partial charge in [-0.15, -0.1) is 10.2 Å². The molecule has 1 aromatic heterocycles. The Hall–Kier alpha value is -2.93. The van der Waals surface area contributed by atoms with Crippen molar-refractivity contribution in [2.45, 2.75) is 16.8 Å². The minimum Gasteiger partial charge on any atom is -0.497 e. The van der Waals surface area contributed by atoms with Crippen molar-refractivity contribution < 1.29 is 14.3 Å². The number of carbonyl (C=O) groups is 1. The van der Waals surface area contributed by atoms with Gasteiger partial charge in [-0.2, -0.15) is 0 Å². The molecule has 26 heavy (non-hydrogen) atoms. The van der Waals surface area contributed by atoms with Gasteiger partial charge in [0.25, 0.3) is 0 Å². The third-order valence-corrected chi connectivity index (χ3v) is 4.42. The largest absolute Gasteiger partial charge is 0.497 e. The fourth-order valence-corrected chi connectivity index (χ4v) is 3.02. The molecule has 0 atom stereocenters. The number of hydrogen-bond acceptors (Lipinski definition) is 7. The molecule has 0 amide bonds. The van der Waals surface area contributed by atoms with E-state index in [1.807, 2.05) is 54.6 Å². The number of aromatic nitrogens is 3. The third-order valence-electron chi connectivity index (χ3n) is 3.43. The second kappa shape index (κ2) is 8.44. The maximum atomic E-state index is 12.2. The van der Waals surface area contributed by atoms with E-state index in [2.05, 4.69) is 15.2 Å². The molecule has 0 fully saturated rings. The Bertz CT molecular complexity index is 886. The molecule has 132 valence electrons. The molecule has 1 heterocycles. The minimum atomic E-state index is -0.539. The summed E-state index contributed by atoms with van der Waals surface area (Å²) < 4.78 is 10.2. The van der Waals surface area contributed by atoms with Gasteiger partial charge in [0.15, 0.2) is 5.82 Å². The third kappa shape index (κ3) is 4.18. The number of carbonyl (C=O) groups excluding carboxylic acids is 1. The topological polar surface area (TPSA) is 74.2 Å². The molecule has 7 heteroatoms. The maximum absolute atomic E-state index is 12.2. The van der Waals surface area contributed by atoms with Gasteiger partial charge in [0.1, 0.15) is 10.8 Å². The highest BCUT2D eigenvalue weighted by Crippen LogP contribution is 2.30. The zero-order valence-electron chi connectivity index (χ0n) is 14.4. The van der Waals surface area contributed by atoms with Crippen LogP contribution < -0.4 is 4.74 Å². The summed E-state index contributed by atoms with van der Waals surface area (Å²) in [6.07, 6.45) is 0. The van der Waals surface area contributed by atoms with Crippen LogP contribution in [0.1, 0.15) is 17.4 Å². The van der Waals surface area contributed by atoms with E-state index < -0.39 is 5.97 Å². The number of nitrogens with zero attached hydrogens (tertiary/aromatic N) is 3. The highest BCUT2D eigenvalue weighted by Gasteiger charge is 2.19. The van der Waals surface area contributed by atoms with Crippen LogP contribution in [0.15, 0.2) is 64.5 Å². The minimum absolute atomic E-state index is 0.104. The van der Waals surface area contributed by atoms with Crippen LogP contribution in [0, 0.1) is 0 Å². The second-order valence-corrected chi connectivity index (χ2v) is 6.22. The standard InChI is InChI=1S/C19H17N3O3S/c1-3-25-19(23)16-18(26-15-11-9-14(24-2)10-12-15)20-17(22-21-16)13-7-5-4-6-8-13/h4-12H,3H2,1-2H3. The molecule has 2 aromatic carbocycles. The molecule has 0 aliphatic heterocycles. The molecule has 0 unspecified atom stereocenters. The Morgan fingerprint density at radius 1 is 1.04 bits per heavy atom. The summed E-state index contributed by atoms with van der Waals surface area (Å²) >= 11 is 1.33. The summed E-state index contributed by atoms with van der Waals surface area (Å²) in [5, 5.41) is 8.60. The van der Waals surface area contributed by atoms with Gasteiger partial charge in [-0.25, -0.2) is 9.78 Å². The van der Waals surface area contributed by atoms with E-state index >= 15 is 0 Å². The summed E-state index contributed by atoms with van der Waals surface area (Å²) in [4.78, 5) is 17.6. The summed E-state index contributed by atoms with van der Waals surface area (Å²) in [6.45, 7) is 2.00. The van der Waals surface area contributed by atoms with Crippen LogP contribution in [0.3, 0.4) is 0 Å². The number of ether oxygens (including phenoxy) is 2. The Morgan fingerprint density at radius 3 is 2.42 bits per heavy atom. The molecule has 6 nitrogen and oxygen atoms in total. The lowest BCUT2D eigenvalue weighted by Gasteiger charge is -2.08. The van der Waals surface area contributed by atoms with Gasteiger partial charge in [0.05, 0.1) is 13.7 Å². The average Bonchev–Trinajstić information content (AvgIpc) is 2.69. The van der Waals surface area contributed by atoms with Crippen LogP contribution >= 0.6 is 11.8 Å². The molecule has 0 aliphatic carbocycles. The van der Waals surface area contributed by atoms with Crippen molar-refractivity contribution in [2.75, 3.05) is 13.7 Å². The summed E-state index contributed by atoms with van der Waals surface area (Å²) in [5.41, 5.74) is 0.930. The smallest absolute Gasteiger partial charge is 0.361 e. The van der Waals surface area contributed by atoms with Crippen LogP contribution in [0.2, 0.25) is 0 Å². The molecule has 0 aliphatic rings. The van der Waals surface area contributed by atoms with Crippen LogP contribution in [0.4, 0.5) is 0 Å². The van der Waals surface area contributed by atoms with Crippen molar-refractivity contribution in [2.24, 2.45) is 0 Å². The number of hydrogen-bond donors (Lipinski definition) is 0. The van der Waals surface area contributed by atoms with E-state index in [0.717, 1.165) is 16.2 Å². The van der Waals surface area contributed by atoms with Crippen LogP contribution in [-0.2, 0) is 4.74 Å². The Labute approximate surface area is 155 Å². The van der Waals surface area contributed by atoms with Crippen LogP contribution in [0.25, 0.3) is 11.4 Å². The van der Waals surface area contributed by atoms with Crippen molar-refractivity contribution in [3.05, 3.63) is 60.3 Å². The van der Waals surface area contributed by atoms with E-state index in [1.165, 1.54) is 11.8 Å². The lowest BCUT2D eigenvalue weighted by Crippen LogP contribution is -2.12. The second-order valence-electron chi connectivity index (χ2n) is 5.15. The molecule has 0 radical (unpaired) electrons. The van der Waals surface area contributed by atoms with Crippen LogP contribution in [0.5, 0.6) is 5.75 Å². The zero-order chi connectivity index (χ0) is 18.4. The van der Waals surface area contributed by atoms with Gasteiger partial charge in [0.2, 0.25) is 5.69 Å². The Kier molecular flexibility index (Phi) is 5.80. The first-order valence-electron chi connectivity index (χ1n) is 8.00. The predicted molar refractivity (Wildman–Crippen MR) is 98.3 cm³/mol. The van der Waals surface area contributed by atoms with E-state index in [9.17, 15) is 4.79 Å². The Balaban J connectivity index is 1.98. The number of rotatable bonds is 6. The van der Waals surface area contributed by atoms with Gasteiger partial charge < -0.3 is 9.47 Å². The van der Waals surface area contributed by atoms with Crippen LogP contribution in [-0.4, -0.2) is 34.9 Å². The first-order chi connectivity index (χ1) is 12.7. The highest BCUT2D eigenvalue weighted by molar-refractivity contribution is 7.99. The molecule has 0 saturated heterocycles. The summed E-state index contributed by atoms with van der Waals surface area (Å²) in [5.74, 6) is 0.670. The first kappa shape index (κ1) is 17.9. The summed E-state index contributed by atoms with van der Waals surface area (Å²) in [7, 11) is 1.61. The summed E-state index contributed by atoms with van der Waals surface area (Å²) in [6, 6.07) is 17.0. The maximum Gasteiger partial charge on any atom is 0.361 e. The van der Waals surface area contributed by atoms with Crippen molar-refractivity contribution >= 4 is 17.7 Å². The molecule has 0 saturated carbocycles. The van der Waals surface area contributed by atoms with Crippen molar-refractivity contribution in [1.82, 2.24) is 15.2 Å². The highest BCUT2D eigenvalue weighted by atomic mass is 32.2. The fraction of sp³-hybridized carbons (Fsp3) is 0.158. The molecule has 0 N–H and O–H groups in total. The predicted octanol–water partition coefficient (Wildman–Crippen LogP) is 3.88. The zero-order valence-corrected chi connectivity index (χ0v) is 15.2. The van der Waals surface area contributed by atoms with Gasteiger partial charge >= 0.3 is 5.97 Å². The van der Waals surface area contributed by atoms with E-state index in [1.54, 1.807) is 14.0 Å². The Morgan fingerprint density at radius 2 is 1.77 bits per heavy atom. The normalized spacial score (nSPS) is 10.4. The van der Waals surface area contributed by atoms with Gasteiger partial charge in [-0.3, -0.25) is 0 Å². The molecule has 0 spiro atoms. The van der Waals surface area contributed by atoms with Crippen molar-refractivity contribution in [3.8, 4) is 17.1 Å². The van der Waals surface area contributed by atoms with E-state index in [-0.39, 0.29) is 12.3 Å². The monoisotopic (exact) mass is 367 g/mol. The molecule has 3 aromatic rings. The lowest BCUT2D eigenvalue weighted by atomic mass is 10.2. The molecule has 3 rings (SSSR count). The lowest BCUT2D eigenvalue weighted by molar-refractivity contribution is 0.0512. The quantitative estimate of drug-likeness (QED) is 0.612. The van der Waals surface area contributed by atoms with Crippen molar-refractivity contribution in [3.63, 3.8) is 0 Å². The molecular formula is C19H17N3O3S. The van der Waals surface area contributed by atoms with E-state index in [0.29, 0.717) is 10.9 Å². The van der Waals surface area contributed by atoms with Gasteiger partial charge in [-0.05, 0) is 31.2 Å². The molecule has 0 bridgehead atoms. The number of esters is 1. The number of methoxy groups -OCH3 is 1. The van der Waals surface area contributed by atoms with Gasteiger partial charge in [0, 0.05) is 10.5 Å². The SMILES string of the molecule is CCOC(=O)c1nnc(-c2ccccc2)nc1Sc1ccc(OC)cc1. The van der Waals surface area contributed by atoms with E-state index in [4.69, 9.17) is 9.47 Å². The fourth-order valence-electron chi connectivity index (χ4n) is 2.18. The average molecular weight is 367 g/mol. The van der Waals surface area contributed by atoms with Gasteiger partial charge in [-0.1, -0.05) is 42.1 Å². The first-order valence-corrected chi connectivity index (χ1v) is 8.82. The molecular weight excluding hydrogens is 350 g/mol. The number of benzene rings is 2. The van der Waals surface area contributed by atoms with Crippen molar-refractivity contribution in [1.29, 1.82) is 0 Å².